The number of fused-ring (bicyclic) bond motifs is 1. The van der Waals surface area contributed by atoms with Gasteiger partial charge >= 0.3 is 12.4 Å². The van der Waals surface area contributed by atoms with E-state index in [1.807, 2.05) is 0 Å². The van der Waals surface area contributed by atoms with E-state index in [1.54, 1.807) is 0 Å². The highest BCUT2D eigenvalue weighted by molar-refractivity contribution is 6.30. The van der Waals surface area contributed by atoms with E-state index in [2.05, 4.69) is 10.6 Å². The first kappa shape index (κ1) is 21.5. The number of carbonyl (C=O) groups excluding carboxylic acids is 2. The van der Waals surface area contributed by atoms with Gasteiger partial charge < -0.3 is 10.6 Å². The maximum Gasteiger partial charge on any atom is 0.419 e. The highest BCUT2D eigenvalue weighted by Gasteiger charge is 2.44. The summed E-state index contributed by atoms with van der Waals surface area (Å²) in [6.45, 7) is 0. The predicted molar refractivity (Wildman–Crippen MR) is 92.9 cm³/mol. The molecular formula is C20H8F8N2O2. The largest absolute Gasteiger partial charge is 0.419 e. The second-order valence-corrected chi connectivity index (χ2v) is 6.74. The van der Waals surface area contributed by atoms with Gasteiger partial charge in [-0.15, -0.1) is 0 Å². The van der Waals surface area contributed by atoms with Gasteiger partial charge in [-0.2, -0.15) is 26.3 Å². The van der Waals surface area contributed by atoms with Crippen LogP contribution in [0.15, 0.2) is 47.5 Å². The second-order valence-electron chi connectivity index (χ2n) is 6.74. The van der Waals surface area contributed by atoms with Crippen molar-refractivity contribution in [2.24, 2.45) is 0 Å². The number of rotatable bonds is 2. The molecular weight excluding hydrogens is 452 g/mol. The molecule has 2 aromatic carbocycles. The maximum absolute atomic E-state index is 14.6. The minimum absolute atomic E-state index is 0.454. The second kappa shape index (κ2) is 6.90. The molecule has 2 N–H and O–H groups in total. The average molecular weight is 460 g/mol. The van der Waals surface area contributed by atoms with Crippen LogP contribution in [0.3, 0.4) is 0 Å². The van der Waals surface area contributed by atoms with E-state index in [4.69, 9.17) is 0 Å². The van der Waals surface area contributed by atoms with Gasteiger partial charge in [0, 0.05) is 11.1 Å². The molecule has 0 saturated carbocycles. The molecule has 0 saturated heterocycles. The number of halogens is 8. The summed E-state index contributed by atoms with van der Waals surface area (Å²) in [6.07, 6.45) is -10.1. The molecule has 4 rings (SSSR count). The zero-order valence-electron chi connectivity index (χ0n) is 15.3. The molecule has 2 aromatic rings. The van der Waals surface area contributed by atoms with E-state index in [0.717, 1.165) is 24.3 Å². The Morgan fingerprint density at radius 1 is 0.594 bits per heavy atom. The van der Waals surface area contributed by atoms with E-state index in [9.17, 15) is 44.7 Å². The first-order chi connectivity index (χ1) is 14.8. The molecule has 2 heterocycles. The summed E-state index contributed by atoms with van der Waals surface area (Å²) >= 11 is 0. The van der Waals surface area contributed by atoms with Crippen molar-refractivity contribution in [1.82, 2.24) is 10.6 Å². The average Bonchev–Trinajstić information content (AvgIpc) is 3.19. The van der Waals surface area contributed by atoms with Crippen LogP contribution in [0.5, 0.6) is 0 Å². The van der Waals surface area contributed by atoms with Crippen molar-refractivity contribution in [2.75, 3.05) is 0 Å². The first-order valence-electron chi connectivity index (χ1n) is 8.66. The van der Waals surface area contributed by atoms with Crippen LogP contribution in [0.2, 0.25) is 0 Å². The normalized spacial score (nSPS) is 16.5. The van der Waals surface area contributed by atoms with Crippen molar-refractivity contribution in [2.45, 2.75) is 12.4 Å². The van der Waals surface area contributed by atoms with Gasteiger partial charge in [-0.25, -0.2) is 8.78 Å². The van der Waals surface area contributed by atoms with Gasteiger partial charge in [-0.1, -0.05) is 12.1 Å². The summed E-state index contributed by atoms with van der Waals surface area (Å²) in [5.41, 5.74) is -7.30. The Bertz CT molecular complexity index is 1160. The third-order valence-corrected chi connectivity index (χ3v) is 4.83. The van der Waals surface area contributed by atoms with E-state index in [1.165, 1.54) is 0 Å². The lowest BCUT2D eigenvalue weighted by molar-refractivity contribution is -0.140. The van der Waals surface area contributed by atoms with Gasteiger partial charge in [-0.3, -0.25) is 9.59 Å². The maximum atomic E-state index is 14.6. The minimum Gasteiger partial charge on any atom is -0.320 e. The fraction of sp³-hybridized carbons (Fsp3) is 0.100. The molecule has 0 unspecified atom stereocenters. The molecule has 0 aromatic heterocycles. The Morgan fingerprint density at radius 3 is 1.25 bits per heavy atom. The molecule has 2 aliphatic rings. The molecule has 2 amide bonds. The van der Waals surface area contributed by atoms with Crippen molar-refractivity contribution >= 4 is 23.2 Å². The third-order valence-electron chi connectivity index (χ3n) is 4.83. The SMILES string of the molecule is O=C1NC(c2cccc(C(F)(F)F)c2F)=C2C(=O)NC(c3cccc(C(F)(F)F)c3F)=C12. The number of hydrogen-bond donors (Lipinski definition) is 2. The van der Waals surface area contributed by atoms with E-state index in [-0.39, 0.29) is 0 Å². The van der Waals surface area contributed by atoms with Crippen LogP contribution in [0.25, 0.3) is 11.4 Å². The predicted octanol–water partition coefficient (Wildman–Crippen LogP) is 4.38. The van der Waals surface area contributed by atoms with Crippen molar-refractivity contribution < 1.29 is 44.7 Å². The zero-order valence-corrected chi connectivity index (χ0v) is 15.3. The molecule has 12 heteroatoms. The van der Waals surface area contributed by atoms with E-state index in [0.29, 0.717) is 12.1 Å². The monoisotopic (exact) mass is 460 g/mol. The number of amides is 2. The smallest absolute Gasteiger partial charge is 0.320 e. The van der Waals surface area contributed by atoms with Gasteiger partial charge in [0.05, 0.1) is 33.7 Å². The van der Waals surface area contributed by atoms with Gasteiger partial charge in [0.2, 0.25) is 0 Å². The topological polar surface area (TPSA) is 58.2 Å². The summed E-state index contributed by atoms with van der Waals surface area (Å²) < 4.78 is 107. The lowest BCUT2D eigenvalue weighted by Gasteiger charge is -2.13. The standard InChI is InChI=1S/C20H8F8N2O2/c21-13-7(3-1-5-9(13)19(23,24)25)15-11-12(18(32)29-15)16(30-17(11)31)8-4-2-6-10(14(8)22)20(26,27)28/h1-6H,(H,29,32)(H,30,31). The Balaban J connectivity index is 1.94. The van der Waals surface area contributed by atoms with E-state index < -0.39 is 80.6 Å². The van der Waals surface area contributed by atoms with E-state index >= 15 is 0 Å². The first-order valence-corrected chi connectivity index (χ1v) is 8.66. The Morgan fingerprint density at radius 2 is 0.938 bits per heavy atom. The van der Waals surface area contributed by atoms with Crippen molar-refractivity contribution in [1.29, 1.82) is 0 Å². The molecule has 0 bridgehead atoms. The van der Waals surface area contributed by atoms with Crippen molar-refractivity contribution in [3.05, 3.63) is 81.4 Å². The molecule has 0 spiro atoms. The third kappa shape index (κ3) is 3.22. The van der Waals surface area contributed by atoms with Crippen LogP contribution >= 0.6 is 0 Å². The fourth-order valence-corrected chi connectivity index (χ4v) is 3.47. The minimum atomic E-state index is -5.07. The van der Waals surface area contributed by atoms with Crippen LogP contribution in [0.4, 0.5) is 35.1 Å². The highest BCUT2D eigenvalue weighted by Crippen LogP contribution is 2.42. The van der Waals surface area contributed by atoms with Crippen molar-refractivity contribution in [3.8, 4) is 0 Å². The molecule has 166 valence electrons. The summed E-state index contributed by atoms with van der Waals surface area (Å²) in [7, 11) is 0. The molecule has 4 nitrogen and oxygen atoms in total. The Labute approximate surface area is 173 Å². The molecule has 0 aliphatic carbocycles. The van der Waals surface area contributed by atoms with Gasteiger partial charge in [0.15, 0.2) is 0 Å². The molecule has 2 aliphatic heterocycles. The van der Waals surface area contributed by atoms with Crippen LogP contribution in [0.1, 0.15) is 22.3 Å². The van der Waals surface area contributed by atoms with Gasteiger partial charge in [0.1, 0.15) is 11.6 Å². The molecule has 32 heavy (non-hydrogen) atoms. The van der Waals surface area contributed by atoms with Crippen LogP contribution in [-0.4, -0.2) is 11.8 Å². The zero-order chi connectivity index (χ0) is 23.6. The van der Waals surface area contributed by atoms with Crippen LogP contribution in [-0.2, 0) is 21.9 Å². The van der Waals surface area contributed by atoms with Crippen molar-refractivity contribution in [3.63, 3.8) is 0 Å². The van der Waals surface area contributed by atoms with Crippen LogP contribution < -0.4 is 10.6 Å². The Kier molecular flexibility index (Phi) is 4.64. The number of hydrogen-bond acceptors (Lipinski definition) is 2. The number of nitrogens with one attached hydrogen (secondary N) is 2. The summed E-state index contributed by atoms with van der Waals surface area (Å²) in [6, 6.07) is 4.37. The number of alkyl halides is 6. The summed E-state index contributed by atoms with van der Waals surface area (Å²) in [5, 5.41) is 4.11. The fourth-order valence-electron chi connectivity index (χ4n) is 3.47. The number of benzene rings is 2. The summed E-state index contributed by atoms with van der Waals surface area (Å²) in [4.78, 5) is 24.9. The highest BCUT2D eigenvalue weighted by atomic mass is 19.4. The summed E-state index contributed by atoms with van der Waals surface area (Å²) in [5.74, 6) is -5.79. The number of carbonyl (C=O) groups is 2. The lowest BCUT2D eigenvalue weighted by Crippen LogP contribution is -2.23. The molecule has 0 fully saturated rings. The van der Waals surface area contributed by atoms with Crippen LogP contribution in [0, 0.1) is 11.6 Å². The van der Waals surface area contributed by atoms with Gasteiger partial charge in [-0.05, 0) is 24.3 Å². The molecule has 0 radical (unpaired) electrons. The lowest BCUT2D eigenvalue weighted by atomic mass is 9.99. The Hall–Kier alpha value is -3.70. The quantitative estimate of drug-likeness (QED) is 0.654. The van der Waals surface area contributed by atoms with Gasteiger partial charge in [0.25, 0.3) is 11.8 Å². The molecule has 0 atom stereocenters.